The van der Waals surface area contributed by atoms with Crippen molar-refractivity contribution in [2.75, 3.05) is 40.0 Å². The Morgan fingerprint density at radius 2 is 1.90 bits per heavy atom. The fourth-order valence-corrected chi connectivity index (χ4v) is 5.75. The molecule has 2 aromatic carbocycles. The second kappa shape index (κ2) is 11.3. The monoisotopic (exact) mass is 581 g/mol. The second-order valence-electron chi connectivity index (χ2n) is 10.3. The molecule has 6 nitrogen and oxygen atoms in total. The Labute approximate surface area is 232 Å². The van der Waals surface area contributed by atoms with Crippen LogP contribution in [-0.4, -0.2) is 73.0 Å². The highest BCUT2D eigenvalue weighted by Gasteiger charge is 2.42. The summed E-state index contributed by atoms with van der Waals surface area (Å²) in [5.74, 6) is -2.84. The summed E-state index contributed by atoms with van der Waals surface area (Å²) in [5.41, 5.74) is 0.766. The third-order valence-electron chi connectivity index (χ3n) is 7.55. The molecule has 0 radical (unpaired) electrons. The number of likely N-dealkylation sites (tertiary alicyclic amines) is 1. The molecule has 41 heavy (non-hydrogen) atoms. The molecule has 0 saturated carbocycles. The molecule has 1 N–H and O–H groups in total. The molecule has 1 aromatic heterocycles. The van der Waals surface area contributed by atoms with E-state index in [2.05, 4.69) is 11.6 Å². The lowest BCUT2D eigenvalue weighted by molar-refractivity contribution is -0.145. The predicted molar refractivity (Wildman–Crippen MR) is 140 cm³/mol. The number of rotatable bonds is 8. The number of H-pyrrole nitrogens is 1. The molecule has 2 aliphatic rings. The zero-order valence-electron chi connectivity index (χ0n) is 22.3. The van der Waals surface area contributed by atoms with Crippen LogP contribution in [0.3, 0.4) is 0 Å². The number of carbonyl (C=O) groups excluding carboxylic acids is 1. The molecule has 0 bridgehead atoms. The topological polar surface area (TPSA) is 57.8 Å². The quantitative estimate of drug-likeness (QED) is 0.259. The van der Waals surface area contributed by atoms with E-state index in [1.165, 1.54) is 19.2 Å². The Morgan fingerprint density at radius 3 is 2.56 bits per heavy atom. The van der Waals surface area contributed by atoms with E-state index in [0.29, 0.717) is 48.9 Å². The van der Waals surface area contributed by atoms with E-state index in [-0.39, 0.29) is 35.2 Å². The Bertz CT molecular complexity index is 1450. The first-order chi connectivity index (χ1) is 19.5. The van der Waals surface area contributed by atoms with Gasteiger partial charge in [0, 0.05) is 60.5 Å². The molecule has 3 aromatic rings. The van der Waals surface area contributed by atoms with E-state index in [1.807, 2.05) is 4.90 Å². The highest BCUT2D eigenvalue weighted by Crippen LogP contribution is 2.45. The number of alkyl halides is 4. The first-order valence-electron chi connectivity index (χ1n) is 13.2. The first kappa shape index (κ1) is 28.8. The second-order valence-corrected chi connectivity index (χ2v) is 10.3. The third-order valence-corrected chi connectivity index (χ3v) is 7.55. The number of esters is 1. The van der Waals surface area contributed by atoms with Crippen molar-refractivity contribution in [2.24, 2.45) is 0 Å². The van der Waals surface area contributed by atoms with Gasteiger partial charge in [-0.2, -0.15) is 13.2 Å². The van der Waals surface area contributed by atoms with Gasteiger partial charge in [-0.15, -0.1) is 0 Å². The van der Waals surface area contributed by atoms with E-state index in [1.54, 1.807) is 6.07 Å². The van der Waals surface area contributed by atoms with E-state index in [9.17, 15) is 22.4 Å². The summed E-state index contributed by atoms with van der Waals surface area (Å²) >= 11 is 0. The summed E-state index contributed by atoms with van der Waals surface area (Å²) in [4.78, 5) is 17.9. The van der Waals surface area contributed by atoms with Gasteiger partial charge in [0.1, 0.15) is 36.1 Å². The number of aromatic amines is 1. The fraction of sp³-hybridized carbons (Fsp3) is 0.414. The molecular weight excluding hydrogens is 552 g/mol. The number of allylic oxidation sites excluding steroid dienone is 1. The molecule has 0 spiro atoms. The van der Waals surface area contributed by atoms with Gasteiger partial charge in [0.2, 0.25) is 0 Å². The number of carbonyl (C=O) groups is 1. The van der Waals surface area contributed by atoms with E-state index >= 15 is 8.78 Å². The largest absolute Gasteiger partial charge is 0.489 e. The average molecular weight is 582 g/mol. The molecular formula is C29H29F6N3O3. The maximum atomic E-state index is 15.7. The minimum absolute atomic E-state index is 0.00447. The van der Waals surface area contributed by atoms with Crippen LogP contribution in [0.15, 0.2) is 42.6 Å². The predicted octanol–water partition coefficient (Wildman–Crippen LogP) is 6.07. The smallest absolute Gasteiger partial charge is 0.405 e. The van der Waals surface area contributed by atoms with Crippen LogP contribution in [0.1, 0.15) is 46.1 Å². The van der Waals surface area contributed by atoms with Gasteiger partial charge in [-0.25, -0.2) is 13.6 Å². The van der Waals surface area contributed by atoms with Gasteiger partial charge in [0.05, 0.1) is 24.9 Å². The molecule has 12 heteroatoms. The van der Waals surface area contributed by atoms with Crippen molar-refractivity contribution in [1.29, 1.82) is 0 Å². The van der Waals surface area contributed by atoms with Gasteiger partial charge >= 0.3 is 12.1 Å². The van der Waals surface area contributed by atoms with Crippen LogP contribution in [-0.2, 0) is 11.2 Å². The third kappa shape index (κ3) is 5.88. The molecule has 5 rings (SSSR count). The summed E-state index contributed by atoms with van der Waals surface area (Å²) < 4.78 is 95.6. The number of hydrogen-bond donors (Lipinski definition) is 1. The summed E-state index contributed by atoms with van der Waals surface area (Å²) in [6, 6.07) is 5.04. The highest BCUT2D eigenvalue weighted by molar-refractivity contribution is 5.96. The average Bonchev–Trinajstić information content (AvgIpc) is 3.51. The molecule has 2 atom stereocenters. The van der Waals surface area contributed by atoms with E-state index in [4.69, 9.17) is 9.47 Å². The maximum Gasteiger partial charge on any atom is 0.405 e. The van der Waals surface area contributed by atoms with Gasteiger partial charge in [-0.1, -0.05) is 12.6 Å². The maximum absolute atomic E-state index is 15.7. The van der Waals surface area contributed by atoms with E-state index in [0.717, 1.165) is 17.0 Å². The summed E-state index contributed by atoms with van der Waals surface area (Å²) in [6.45, 7) is 3.57. The molecule has 0 amide bonds. The normalized spacial score (nSPS) is 19.6. The highest BCUT2D eigenvalue weighted by atomic mass is 19.4. The van der Waals surface area contributed by atoms with Crippen molar-refractivity contribution in [3.05, 3.63) is 76.6 Å². The first-order valence-corrected chi connectivity index (χ1v) is 13.2. The van der Waals surface area contributed by atoms with Crippen LogP contribution in [0.2, 0.25) is 0 Å². The van der Waals surface area contributed by atoms with Crippen LogP contribution < -0.4 is 4.74 Å². The number of nitrogens with one attached hydrogen (secondary N) is 1. The molecule has 3 heterocycles. The van der Waals surface area contributed by atoms with E-state index < -0.39 is 48.6 Å². The fourth-order valence-electron chi connectivity index (χ4n) is 5.75. The molecule has 1 fully saturated rings. The van der Waals surface area contributed by atoms with Gasteiger partial charge in [0.15, 0.2) is 0 Å². The summed E-state index contributed by atoms with van der Waals surface area (Å²) in [7, 11) is 1.22. The molecule has 1 saturated heterocycles. The van der Waals surface area contributed by atoms with Crippen LogP contribution in [0.25, 0.3) is 10.9 Å². The lowest BCUT2D eigenvalue weighted by Crippen LogP contribution is -2.41. The minimum atomic E-state index is -4.69. The number of nitrogens with zero attached hydrogens (tertiary/aromatic N) is 2. The Hall–Kier alpha value is -3.67. The molecule has 220 valence electrons. The van der Waals surface area contributed by atoms with Gasteiger partial charge in [-0.05, 0) is 30.5 Å². The molecule has 0 unspecified atom stereocenters. The van der Waals surface area contributed by atoms with Crippen molar-refractivity contribution >= 4 is 16.9 Å². The number of aromatic nitrogens is 1. The van der Waals surface area contributed by atoms with Gasteiger partial charge in [-0.3, -0.25) is 9.29 Å². The number of ether oxygens (including phenoxy) is 2. The van der Waals surface area contributed by atoms with Crippen molar-refractivity contribution in [3.63, 3.8) is 0 Å². The van der Waals surface area contributed by atoms with Crippen molar-refractivity contribution in [3.8, 4) is 5.75 Å². The van der Waals surface area contributed by atoms with Crippen molar-refractivity contribution < 1.29 is 40.6 Å². The number of fused-ring (bicyclic) bond motifs is 3. The van der Waals surface area contributed by atoms with Crippen molar-refractivity contribution in [2.45, 2.75) is 37.6 Å². The Morgan fingerprint density at radius 1 is 1.17 bits per heavy atom. The van der Waals surface area contributed by atoms with Crippen LogP contribution in [0.5, 0.6) is 5.75 Å². The zero-order chi connectivity index (χ0) is 29.5. The van der Waals surface area contributed by atoms with Crippen LogP contribution in [0, 0.1) is 11.6 Å². The lowest BCUT2D eigenvalue weighted by Gasteiger charge is -2.39. The van der Waals surface area contributed by atoms with Crippen LogP contribution >= 0.6 is 0 Å². The lowest BCUT2D eigenvalue weighted by atomic mass is 9.90. The number of methoxy groups -OCH3 is 1. The zero-order valence-corrected chi connectivity index (χ0v) is 22.3. The number of hydrogen-bond acceptors (Lipinski definition) is 5. The summed E-state index contributed by atoms with van der Waals surface area (Å²) in [5, 5.41) is 0.588. The standard InChI is InChI=1S/C29H29F6N3O3/c1-16-10-21-20-5-4-17(28(39)40-2)11-24(20)36-26(21)27(38(16)15-29(33,34)35)25-22(31)12-19(13-23(25)32)41-18-6-9-37(14-18)8-3-7-30/h4-5,11-13,18,27,36H,1,3,6-10,14-15H2,2H3/t18-,27+/m0/s1. The SMILES string of the molecule is C=C1Cc2c([nH]c3cc(C(=O)OC)ccc23)[C@@H](c2c(F)cc(O[C@H]3CCN(CCCF)C3)cc2F)N1CC(F)(F)F. The van der Waals surface area contributed by atoms with Gasteiger partial charge in [0.25, 0.3) is 0 Å². The summed E-state index contributed by atoms with van der Waals surface area (Å²) in [6.07, 6.45) is -4.07. The molecule has 2 aliphatic heterocycles. The van der Waals surface area contributed by atoms with Crippen LogP contribution in [0.4, 0.5) is 26.3 Å². The Kier molecular flexibility index (Phi) is 7.95. The molecule has 0 aliphatic carbocycles. The minimum Gasteiger partial charge on any atom is -0.489 e. The number of benzene rings is 2. The van der Waals surface area contributed by atoms with Crippen molar-refractivity contribution in [1.82, 2.24) is 14.8 Å². The van der Waals surface area contributed by atoms with Gasteiger partial charge < -0.3 is 19.4 Å². The Balaban J connectivity index is 1.54. The number of halogens is 6.